The number of fused-ring (bicyclic) bond motifs is 8. The molecule has 0 aromatic heterocycles. The summed E-state index contributed by atoms with van der Waals surface area (Å²) < 4.78 is 0. The lowest BCUT2D eigenvalue weighted by Gasteiger charge is -2.23. The molecule has 0 aliphatic heterocycles. The molecule has 0 atom stereocenters. The van der Waals surface area contributed by atoms with E-state index in [1.54, 1.807) is 0 Å². The normalized spacial score (nSPS) is 12.2. The average molecular weight is 1130 g/mol. The molecule has 0 N–H and O–H groups in total. The van der Waals surface area contributed by atoms with Gasteiger partial charge in [-0.05, 0) is 189 Å². The van der Waals surface area contributed by atoms with Crippen molar-refractivity contribution in [3.05, 3.63) is 351 Å². The quantitative estimate of drug-likeness (QED) is 0.133. The van der Waals surface area contributed by atoms with Crippen molar-refractivity contribution in [3.8, 4) is 100 Å². The van der Waals surface area contributed by atoms with E-state index in [1.165, 1.54) is 165 Å². The average Bonchev–Trinajstić information content (AvgIpc) is 2.00. The van der Waals surface area contributed by atoms with Crippen LogP contribution >= 0.6 is 0 Å². The van der Waals surface area contributed by atoms with Gasteiger partial charge >= 0.3 is 0 Å². The summed E-state index contributed by atoms with van der Waals surface area (Å²) in [7, 11) is 0. The van der Waals surface area contributed by atoms with Crippen molar-refractivity contribution in [1.82, 2.24) is 0 Å². The van der Waals surface area contributed by atoms with Crippen LogP contribution < -0.4 is 0 Å². The van der Waals surface area contributed by atoms with Crippen LogP contribution in [0, 0.1) is 0 Å². The molecule has 0 amide bonds. The standard InChI is InChI=1S/C47H34.C42H28/c1-47(2)43-20-12-11-17-37(43)38-27-26-36(30-44(38)47)46-40-19-10-9-18-39(40)45(34-15-7-4-8-16-34)42-29-35(25-28-41(42)46)33-23-21-32(22-24-33)31-13-5-3-6-14-31;1-3-11-29(12-4-1)31-19-21-32(22-20-31)35-25-26-39-40(28-35)41(33-14-5-2-6-15-33)37-17-9-10-18-38(37)42(39)36-24-23-30-13-7-8-16-34(30)27-36/h3-30H,1-2H3;1-28H. The molecule has 0 heteroatoms. The van der Waals surface area contributed by atoms with Gasteiger partial charge in [0.15, 0.2) is 0 Å². The highest BCUT2D eigenvalue weighted by molar-refractivity contribution is 6.24. The Labute approximate surface area is 521 Å². The van der Waals surface area contributed by atoms with Crippen LogP contribution in [0.15, 0.2) is 340 Å². The Bertz CT molecular complexity index is 5330. The van der Waals surface area contributed by atoms with E-state index < -0.39 is 0 Å². The van der Waals surface area contributed by atoms with Gasteiger partial charge in [-0.3, -0.25) is 0 Å². The van der Waals surface area contributed by atoms with Crippen molar-refractivity contribution in [2.45, 2.75) is 19.3 Å². The van der Waals surface area contributed by atoms with Gasteiger partial charge in [-0.1, -0.05) is 329 Å². The van der Waals surface area contributed by atoms with E-state index in [1.807, 2.05) is 0 Å². The van der Waals surface area contributed by atoms with Crippen molar-refractivity contribution in [1.29, 1.82) is 0 Å². The number of hydrogen-bond donors (Lipinski definition) is 0. The largest absolute Gasteiger partial charge is 0.0622 e. The van der Waals surface area contributed by atoms with Gasteiger partial charge in [0, 0.05) is 5.41 Å². The summed E-state index contributed by atoms with van der Waals surface area (Å²) >= 11 is 0. The van der Waals surface area contributed by atoms with Gasteiger partial charge in [-0.2, -0.15) is 0 Å². The lowest BCUT2D eigenvalue weighted by atomic mass is 9.80. The van der Waals surface area contributed by atoms with Crippen molar-refractivity contribution >= 4 is 53.9 Å². The van der Waals surface area contributed by atoms with Crippen molar-refractivity contribution in [3.63, 3.8) is 0 Å². The van der Waals surface area contributed by atoms with Crippen LogP contribution in [0.3, 0.4) is 0 Å². The maximum Gasteiger partial charge on any atom is 0.0159 e. The molecule has 1 aliphatic rings. The first-order valence-electron chi connectivity index (χ1n) is 31.0. The van der Waals surface area contributed by atoms with E-state index in [4.69, 9.17) is 0 Å². The monoisotopic (exact) mass is 1130 g/mol. The second kappa shape index (κ2) is 22.3. The fourth-order valence-corrected chi connectivity index (χ4v) is 14.3. The topological polar surface area (TPSA) is 0 Å². The molecule has 1 aliphatic carbocycles. The van der Waals surface area contributed by atoms with Gasteiger partial charge in [0.1, 0.15) is 0 Å². The highest BCUT2D eigenvalue weighted by atomic mass is 14.4. The third-order valence-corrected chi connectivity index (χ3v) is 18.7. The molecule has 0 heterocycles. The molecular formula is C89H62. The first-order valence-corrected chi connectivity index (χ1v) is 31.0. The summed E-state index contributed by atoms with van der Waals surface area (Å²) in [4.78, 5) is 0. The first-order chi connectivity index (χ1) is 43.9. The second-order valence-corrected chi connectivity index (χ2v) is 24.2. The van der Waals surface area contributed by atoms with Gasteiger partial charge in [-0.25, -0.2) is 0 Å². The van der Waals surface area contributed by atoms with Gasteiger partial charge in [0.05, 0.1) is 0 Å². The molecule has 0 saturated heterocycles. The Balaban J connectivity index is 0.000000144. The van der Waals surface area contributed by atoms with Gasteiger partial charge in [0.2, 0.25) is 0 Å². The van der Waals surface area contributed by atoms with Gasteiger partial charge < -0.3 is 0 Å². The molecule has 17 rings (SSSR count). The summed E-state index contributed by atoms with van der Waals surface area (Å²) in [5, 5.41) is 12.7. The third-order valence-electron chi connectivity index (χ3n) is 18.7. The van der Waals surface area contributed by atoms with Crippen LogP contribution in [0.2, 0.25) is 0 Å². The summed E-state index contributed by atoms with van der Waals surface area (Å²) in [5.74, 6) is 0. The molecule has 16 aromatic rings. The molecule has 0 nitrogen and oxygen atoms in total. The summed E-state index contributed by atoms with van der Waals surface area (Å²) in [6.45, 7) is 4.73. The van der Waals surface area contributed by atoms with Crippen molar-refractivity contribution in [2.75, 3.05) is 0 Å². The smallest absolute Gasteiger partial charge is 0.0159 e. The molecular weight excluding hydrogens is 1070 g/mol. The SMILES string of the molecule is CC1(C)c2ccccc2-c2ccc(-c3c4ccccc4c(-c4ccccc4)c4cc(-c5ccc(-c6ccccc6)cc5)ccc34)cc21.c1ccc(-c2ccc(-c3ccc4c(-c5ccc6ccccc6c5)c5ccccc5c(-c5ccccc5)c4c3)cc2)cc1. The predicted octanol–water partition coefficient (Wildman–Crippen LogP) is 24.8. The Hall–Kier alpha value is -11.2. The zero-order valence-electron chi connectivity index (χ0n) is 49.8. The van der Waals surface area contributed by atoms with E-state index >= 15 is 0 Å². The van der Waals surface area contributed by atoms with Crippen LogP contribution in [0.4, 0.5) is 0 Å². The summed E-state index contributed by atoms with van der Waals surface area (Å²) in [6, 6.07) is 124. The molecule has 0 unspecified atom stereocenters. The number of benzene rings is 16. The van der Waals surface area contributed by atoms with Gasteiger partial charge in [-0.15, -0.1) is 0 Å². The molecule has 16 aromatic carbocycles. The van der Waals surface area contributed by atoms with E-state index in [0.29, 0.717) is 0 Å². The Morgan fingerprint density at radius 1 is 0.169 bits per heavy atom. The summed E-state index contributed by atoms with van der Waals surface area (Å²) in [6.07, 6.45) is 0. The Morgan fingerprint density at radius 3 is 0.944 bits per heavy atom. The fraction of sp³-hybridized carbons (Fsp3) is 0.0337. The summed E-state index contributed by atoms with van der Waals surface area (Å²) in [5.41, 5.74) is 25.4. The molecule has 0 saturated carbocycles. The maximum atomic E-state index is 2.47. The maximum absolute atomic E-state index is 2.47. The lowest BCUT2D eigenvalue weighted by molar-refractivity contribution is 0.660. The minimum absolute atomic E-state index is 0.0589. The van der Waals surface area contributed by atoms with E-state index in [-0.39, 0.29) is 5.41 Å². The van der Waals surface area contributed by atoms with E-state index in [0.717, 1.165) is 0 Å². The molecule has 0 radical (unpaired) electrons. The fourth-order valence-electron chi connectivity index (χ4n) is 14.3. The third kappa shape index (κ3) is 9.49. The minimum Gasteiger partial charge on any atom is -0.0622 e. The molecule has 418 valence electrons. The predicted molar refractivity (Wildman–Crippen MR) is 381 cm³/mol. The van der Waals surface area contributed by atoms with Crippen LogP contribution in [0.25, 0.3) is 154 Å². The Kier molecular flexibility index (Phi) is 13.3. The highest BCUT2D eigenvalue weighted by Gasteiger charge is 2.35. The van der Waals surface area contributed by atoms with Crippen LogP contribution in [-0.2, 0) is 5.41 Å². The molecule has 0 spiro atoms. The Morgan fingerprint density at radius 2 is 0.472 bits per heavy atom. The van der Waals surface area contributed by atoms with Crippen LogP contribution in [0.5, 0.6) is 0 Å². The molecule has 89 heavy (non-hydrogen) atoms. The number of hydrogen-bond acceptors (Lipinski definition) is 0. The van der Waals surface area contributed by atoms with E-state index in [9.17, 15) is 0 Å². The van der Waals surface area contributed by atoms with Crippen molar-refractivity contribution < 1.29 is 0 Å². The van der Waals surface area contributed by atoms with Gasteiger partial charge in [0.25, 0.3) is 0 Å². The zero-order chi connectivity index (χ0) is 59.4. The van der Waals surface area contributed by atoms with Crippen molar-refractivity contribution in [2.24, 2.45) is 0 Å². The number of rotatable bonds is 8. The lowest BCUT2D eigenvalue weighted by Crippen LogP contribution is -2.14. The minimum atomic E-state index is -0.0589. The molecule has 0 fully saturated rings. The van der Waals surface area contributed by atoms with Crippen LogP contribution in [0.1, 0.15) is 25.0 Å². The van der Waals surface area contributed by atoms with E-state index in [2.05, 4.69) is 354 Å². The first kappa shape index (κ1) is 53.3. The highest BCUT2D eigenvalue weighted by Crippen LogP contribution is 2.52. The van der Waals surface area contributed by atoms with Crippen LogP contribution in [-0.4, -0.2) is 0 Å². The molecule has 0 bridgehead atoms. The second-order valence-electron chi connectivity index (χ2n) is 24.2. The zero-order valence-corrected chi connectivity index (χ0v) is 49.8.